The fourth-order valence-electron chi connectivity index (χ4n) is 1.25. The topological polar surface area (TPSA) is 0 Å². The summed E-state index contributed by atoms with van der Waals surface area (Å²) in [5.41, 5.74) is 2.99. The maximum atomic E-state index is 2.34. The van der Waals surface area contributed by atoms with E-state index in [1.165, 1.54) is 16.9 Å². The van der Waals surface area contributed by atoms with E-state index in [2.05, 4.69) is 31.2 Å². The molecule has 1 aliphatic rings. The van der Waals surface area contributed by atoms with Crippen LogP contribution >= 0.6 is 11.8 Å². The van der Waals surface area contributed by atoms with E-state index in [9.17, 15) is 0 Å². The third kappa shape index (κ3) is 1.59. The van der Waals surface area contributed by atoms with Gasteiger partial charge in [0.2, 0.25) is 0 Å². The summed E-state index contributed by atoms with van der Waals surface area (Å²) in [6.45, 7) is 2.21. The minimum Gasteiger partial charge on any atom is -0.151 e. The molecule has 1 saturated heterocycles. The standard InChI is InChI=1S/C10H12S/c1-2-8-4-3-5-9(6-8)10-7-11-10/h3-6,10H,2,7H2,1H3. The van der Waals surface area contributed by atoms with Crippen molar-refractivity contribution in [3.63, 3.8) is 0 Å². The second-order valence-electron chi connectivity index (χ2n) is 2.92. The summed E-state index contributed by atoms with van der Waals surface area (Å²) < 4.78 is 0. The summed E-state index contributed by atoms with van der Waals surface area (Å²) in [5, 5.41) is 0.821. The van der Waals surface area contributed by atoms with E-state index < -0.39 is 0 Å². The molecule has 0 aliphatic carbocycles. The third-order valence-corrected chi connectivity index (χ3v) is 3.00. The molecule has 0 bridgehead atoms. The number of hydrogen-bond acceptors (Lipinski definition) is 1. The third-order valence-electron chi connectivity index (χ3n) is 2.06. The number of hydrogen-bond donors (Lipinski definition) is 0. The monoisotopic (exact) mass is 164 g/mol. The Bertz CT molecular complexity index is 251. The van der Waals surface area contributed by atoms with Crippen molar-refractivity contribution >= 4 is 11.8 Å². The van der Waals surface area contributed by atoms with E-state index in [0.717, 1.165) is 11.7 Å². The van der Waals surface area contributed by atoms with Crippen LogP contribution in [0, 0.1) is 0 Å². The first-order chi connectivity index (χ1) is 5.40. The molecule has 2 rings (SSSR count). The van der Waals surface area contributed by atoms with Crippen LogP contribution in [0.3, 0.4) is 0 Å². The minimum absolute atomic E-state index is 0.821. The molecule has 1 aliphatic heterocycles. The molecule has 58 valence electrons. The van der Waals surface area contributed by atoms with Crippen molar-refractivity contribution in [1.29, 1.82) is 0 Å². The highest BCUT2D eigenvalue weighted by atomic mass is 32.2. The second kappa shape index (κ2) is 2.90. The Hall–Kier alpha value is -0.430. The summed E-state index contributed by atoms with van der Waals surface area (Å²) in [6.07, 6.45) is 1.16. The van der Waals surface area contributed by atoms with Crippen LogP contribution in [-0.4, -0.2) is 5.75 Å². The summed E-state index contributed by atoms with van der Waals surface area (Å²) in [5.74, 6) is 1.33. The Morgan fingerprint density at radius 1 is 1.55 bits per heavy atom. The summed E-state index contributed by atoms with van der Waals surface area (Å²) >= 11 is 2.04. The van der Waals surface area contributed by atoms with Crippen LogP contribution in [-0.2, 0) is 6.42 Å². The van der Waals surface area contributed by atoms with E-state index >= 15 is 0 Å². The van der Waals surface area contributed by atoms with Crippen molar-refractivity contribution < 1.29 is 0 Å². The van der Waals surface area contributed by atoms with Crippen molar-refractivity contribution in [2.24, 2.45) is 0 Å². The average molecular weight is 164 g/mol. The summed E-state index contributed by atoms with van der Waals surface area (Å²) in [4.78, 5) is 0. The van der Waals surface area contributed by atoms with Crippen LogP contribution in [0.5, 0.6) is 0 Å². The van der Waals surface area contributed by atoms with E-state index in [-0.39, 0.29) is 0 Å². The predicted octanol–water partition coefficient (Wildman–Crippen LogP) is 3.04. The molecule has 1 aromatic carbocycles. The maximum absolute atomic E-state index is 2.34. The molecule has 1 aromatic rings. The van der Waals surface area contributed by atoms with Gasteiger partial charge in [-0.15, -0.1) is 0 Å². The zero-order valence-corrected chi connectivity index (χ0v) is 7.53. The molecule has 0 aromatic heterocycles. The summed E-state index contributed by atoms with van der Waals surface area (Å²) in [6, 6.07) is 8.96. The average Bonchev–Trinajstić information content (AvgIpc) is 2.87. The molecule has 1 atom stereocenters. The number of benzene rings is 1. The van der Waals surface area contributed by atoms with Crippen molar-refractivity contribution in [2.75, 3.05) is 5.75 Å². The maximum Gasteiger partial charge on any atom is 0.0388 e. The Balaban J connectivity index is 2.26. The van der Waals surface area contributed by atoms with E-state index in [1.54, 1.807) is 0 Å². The van der Waals surface area contributed by atoms with Gasteiger partial charge >= 0.3 is 0 Å². The van der Waals surface area contributed by atoms with E-state index in [4.69, 9.17) is 0 Å². The van der Waals surface area contributed by atoms with Gasteiger partial charge in [0.25, 0.3) is 0 Å². The lowest BCUT2D eigenvalue weighted by Gasteiger charge is -1.99. The van der Waals surface area contributed by atoms with Gasteiger partial charge in [-0.05, 0) is 17.5 Å². The molecule has 0 amide bonds. The van der Waals surface area contributed by atoms with Gasteiger partial charge in [-0.2, -0.15) is 11.8 Å². The van der Waals surface area contributed by atoms with Crippen LogP contribution in [0.15, 0.2) is 24.3 Å². The smallest absolute Gasteiger partial charge is 0.0388 e. The van der Waals surface area contributed by atoms with Crippen molar-refractivity contribution in [2.45, 2.75) is 18.6 Å². The fourth-order valence-corrected chi connectivity index (χ4v) is 1.88. The molecule has 0 saturated carbocycles. The Kier molecular flexibility index (Phi) is 1.91. The van der Waals surface area contributed by atoms with Crippen molar-refractivity contribution in [3.8, 4) is 0 Å². The van der Waals surface area contributed by atoms with Crippen molar-refractivity contribution in [3.05, 3.63) is 35.4 Å². The largest absolute Gasteiger partial charge is 0.151 e. The van der Waals surface area contributed by atoms with Gasteiger partial charge in [0, 0.05) is 11.0 Å². The van der Waals surface area contributed by atoms with Crippen LogP contribution in [0.2, 0.25) is 0 Å². The van der Waals surface area contributed by atoms with Gasteiger partial charge in [-0.3, -0.25) is 0 Å². The van der Waals surface area contributed by atoms with Gasteiger partial charge in [-0.25, -0.2) is 0 Å². The first kappa shape index (κ1) is 7.23. The van der Waals surface area contributed by atoms with Gasteiger partial charge in [0.1, 0.15) is 0 Å². The first-order valence-electron chi connectivity index (χ1n) is 4.10. The highest BCUT2D eigenvalue weighted by Crippen LogP contribution is 2.46. The lowest BCUT2D eigenvalue weighted by atomic mass is 10.1. The summed E-state index contributed by atoms with van der Waals surface area (Å²) in [7, 11) is 0. The molecule has 0 radical (unpaired) electrons. The van der Waals surface area contributed by atoms with Crippen LogP contribution in [0.25, 0.3) is 0 Å². The molecule has 0 spiro atoms. The van der Waals surface area contributed by atoms with E-state index in [0.29, 0.717) is 0 Å². The van der Waals surface area contributed by atoms with Crippen molar-refractivity contribution in [1.82, 2.24) is 0 Å². The Morgan fingerprint density at radius 3 is 3.00 bits per heavy atom. The van der Waals surface area contributed by atoms with Crippen LogP contribution in [0.1, 0.15) is 23.3 Å². The normalized spacial score (nSPS) is 21.7. The first-order valence-corrected chi connectivity index (χ1v) is 5.15. The number of aryl methyl sites for hydroxylation is 1. The molecule has 0 N–H and O–H groups in total. The zero-order valence-electron chi connectivity index (χ0n) is 6.71. The molecular weight excluding hydrogens is 152 g/mol. The van der Waals surface area contributed by atoms with Crippen LogP contribution < -0.4 is 0 Å². The Labute approximate surface area is 72.0 Å². The number of rotatable bonds is 2. The molecule has 1 heteroatoms. The highest BCUT2D eigenvalue weighted by molar-refractivity contribution is 8.06. The molecule has 1 unspecified atom stereocenters. The molecule has 1 fully saturated rings. The quantitative estimate of drug-likeness (QED) is 0.605. The van der Waals surface area contributed by atoms with Gasteiger partial charge in [0.05, 0.1) is 0 Å². The highest BCUT2D eigenvalue weighted by Gasteiger charge is 2.24. The minimum atomic E-state index is 0.821. The predicted molar refractivity (Wildman–Crippen MR) is 51.0 cm³/mol. The Morgan fingerprint density at radius 2 is 2.36 bits per heavy atom. The molecular formula is C10H12S. The second-order valence-corrected chi connectivity index (χ2v) is 4.16. The zero-order chi connectivity index (χ0) is 7.68. The van der Waals surface area contributed by atoms with E-state index in [1.807, 2.05) is 11.8 Å². The molecule has 1 heterocycles. The number of thioether (sulfide) groups is 1. The lowest BCUT2D eigenvalue weighted by Crippen LogP contribution is -1.83. The van der Waals surface area contributed by atoms with Crippen LogP contribution in [0.4, 0.5) is 0 Å². The van der Waals surface area contributed by atoms with Gasteiger partial charge in [0.15, 0.2) is 0 Å². The molecule has 11 heavy (non-hydrogen) atoms. The lowest BCUT2D eigenvalue weighted by molar-refractivity contribution is 1.11. The fraction of sp³-hybridized carbons (Fsp3) is 0.400. The SMILES string of the molecule is CCc1cccc(C2CS2)c1. The van der Waals surface area contributed by atoms with Gasteiger partial charge < -0.3 is 0 Å². The molecule has 0 nitrogen and oxygen atoms in total. The van der Waals surface area contributed by atoms with Gasteiger partial charge in [-0.1, -0.05) is 31.2 Å².